The Kier molecular flexibility index (Phi) is 9.98. The van der Waals surface area contributed by atoms with E-state index >= 15 is 0 Å². The van der Waals surface area contributed by atoms with E-state index in [4.69, 9.17) is 14.5 Å². The number of nitrogens with one attached hydrogen (secondary N) is 2. The molecule has 0 aromatic rings. The highest BCUT2D eigenvalue weighted by Gasteiger charge is 2.38. The number of nitrogens with zero attached hydrogens (tertiary/aromatic N) is 2. The first kappa shape index (κ1) is 23.4. The van der Waals surface area contributed by atoms with Gasteiger partial charge in [-0.25, -0.2) is 8.42 Å². The molecule has 1 saturated carbocycles. The average Bonchev–Trinajstić information content (AvgIpc) is 2.69. The summed E-state index contributed by atoms with van der Waals surface area (Å²) in [5.74, 6) is 0.857. The molecular weight excluding hydrogens is 380 g/mol. The molecule has 1 saturated heterocycles. The summed E-state index contributed by atoms with van der Waals surface area (Å²) in [6, 6.07) is 0. The van der Waals surface area contributed by atoms with Gasteiger partial charge in [0, 0.05) is 38.0 Å². The lowest BCUT2D eigenvalue weighted by atomic mass is 9.80. The van der Waals surface area contributed by atoms with Crippen LogP contribution >= 0.6 is 0 Å². The summed E-state index contributed by atoms with van der Waals surface area (Å²) in [6.07, 6.45) is 7.48. The highest BCUT2D eigenvalue weighted by atomic mass is 32.2. The zero-order valence-electron chi connectivity index (χ0n) is 17.5. The van der Waals surface area contributed by atoms with E-state index in [9.17, 15) is 8.42 Å². The van der Waals surface area contributed by atoms with Gasteiger partial charge in [-0.05, 0) is 19.8 Å². The van der Waals surface area contributed by atoms with Crippen molar-refractivity contribution in [3.63, 3.8) is 0 Å². The number of guanidine groups is 1. The molecule has 2 aliphatic rings. The molecule has 28 heavy (non-hydrogen) atoms. The number of hydrogen-bond acceptors (Lipinski definition) is 6. The quantitative estimate of drug-likeness (QED) is 0.305. The largest absolute Gasteiger partial charge is 0.379 e. The summed E-state index contributed by atoms with van der Waals surface area (Å²) in [4.78, 5) is 7.50. The minimum absolute atomic E-state index is 0.0588. The molecule has 2 fully saturated rings. The molecule has 1 aliphatic heterocycles. The van der Waals surface area contributed by atoms with Crippen LogP contribution in [0.15, 0.2) is 4.99 Å². The van der Waals surface area contributed by atoms with Crippen molar-refractivity contribution >= 4 is 15.8 Å². The molecule has 2 N–H and O–H groups in total. The van der Waals surface area contributed by atoms with Crippen LogP contribution in [0.5, 0.6) is 0 Å². The standard InChI is InChI=1S/C19H38N4O4S/c1-3-20-18(21-9-12-26-15-16-28(2,24)25)22-17-19(7-5-4-6-8-19)23-10-13-27-14-11-23/h3-17H2,1-2H3,(H2,20,21,22). The highest BCUT2D eigenvalue weighted by molar-refractivity contribution is 7.90. The Morgan fingerprint density at radius 2 is 1.86 bits per heavy atom. The molecule has 0 aromatic heterocycles. The van der Waals surface area contributed by atoms with Gasteiger partial charge in [0.2, 0.25) is 0 Å². The maximum absolute atomic E-state index is 11.1. The van der Waals surface area contributed by atoms with Crippen molar-refractivity contribution in [2.24, 2.45) is 4.99 Å². The van der Waals surface area contributed by atoms with Gasteiger partial charge >= 0.3 is 0 Å². The van der Waals surface area contributed by atoms with Crippen molar-refractivity contribution in [2.45, 2.75) is 44.6 Å². The third-order valence-electron chi connectivity index (χ3n) is 5.48. The second kappa shape index (κ2) is 11.9. The number of aliphatic imine (C=N–C) groups is 1. The van der Waals surface area contributed by atoms with Crippen molar-refractivity contribution in [1.82, 2.24) is 15.5 Å². The van der Waals surface area contributed by atoms with Crippen LogP contribution in [0.25, 0.3) is 0 Å². The highest BCUT2D eigenvalue weighted by Crippen LogP contribution is 2.34. The normalized spacial score (nSPS) is 21.4. The van der Waals surface area contributed by atoms with E-state index in [1.165, 1.54) is 38.4 Å². The number of morpholine rings is 1. The Bertz CT molecular complexity index is 570. The van der Waals surface area contributed by atoms with Crippen LogP contribution in [0.1, 0.15) is 39.0 Å². The van der Waals surface area contributed by atoms with E-state index in [0.717, 1.165) is 45.4 Å². The summed E-state index contributed by atoms with van der Waals surface area (Å²) in [5, 5.41) is 6.60. The zero-order chi connectivity index (χ0) is 20.3. The molecule has 9 heteroatoms. The van der Waals surface area contributed by atoms with Gasteiger partial charge in [-0.1, -0.05) is 19.3 Å². The lowest BCUT2D eigenvalue weighted by Crippen LogP contribution is -2.56. The molecule has 0 spiro atoms. The van der Waals surface area contributed by atoms with Gasteiger partial charge < -0.3 is 20.1 Å². The molecule has 0 atom stereocenters. The third kappa shape index (κ3) is 8.23. The minimum Gasteiger partial charge on any atom is -0.379 e. The summed E-state index contributed by atoms with van der Waals surface area (Å²) < 4.78 is 33.2. The molecule has 164 valence electrons. The second-order valence-corrected chi connectivity index (χ2v) is 10.0. The van der Waals surface area contributed by atoms with Crippen LogP contribution < -0.4 is 10.6 Å². The van der Waals surface area contributed by atoms with E-state index in [1.807, 2.05) is 0 Å². The molecule has 0 radical (unpaired) electrons. The van der Waals surface area contributed by atoms with Crippen molar-refractivity contribution in [3.05, 3.63) is 0 Å². The number of rotatable bonds is 10. The summed E-state index contributed by atoms with van der Waals surface area (Å²) >= 11 is 0. The van der Waals surface area contributed by atoms with Crippen LogP contribution in [0.3, 0.4) is 0 Å². The molecule has 0 aromatic carbocycles. The zero-order valence-corrected chi connectivity index (χ0v) is 18.4. The van der Waals surface area contributed by atoms with Crippen LogP contribution in [-0.4, -0.2) is 96.0 Å². The Balaban J connectivity index is 1.85. The lowest BCUT2D eigenvalue weighted by Gasteiger charge is -2.47. The van der Waals surface area contributed by atoms with Gasteiger partial charge in [-0.3, -0.25) is 9.89 Å². The van der Waals surface area contributed by atoms with Gasteiger partial charge in [0.05, 0.1) is 38.7 Å². The fourth-order valence-electron chi connectivity index (χ4n) is 3.94. The number of sulfone groups is 1. The molecule has 0 unspecified atom stereocenters. The van der Waals surface area contributed by atoms with E-state index < -0.39 is 9.84 Å². The van der Waals surface area contributed by atoms with Crippen LogP contribution in [0, 0.1) is 0 Å². The SMILES string of the molecule is CCNC(=NCC1(N2CCOCC2)CCCCC1)NCCOCCS(C)(=O)=O. The lowest BCUT2D eigenvalue weighted by molar-refractivity contribution is -0.0333. The van der Waals surface area contributed by atoms with Gasteiger partial charge in [0.1, 0.15) is 9.84 Å². The Labute approximate surface area is 170 Å². The molecule has 2 rings (SSSR count). The second-order valence-electron chi connectivity index (χ2n) is 7.75. The fourth-order valence-corrected chi connectivity index (χ4v) is 4.36. The van der Waals surface area contributed by atoms with E-state index in [2.05, 4.69) is 22.5 Å². The monoisotopic (exact) mass is 418 g/mol. The van der Waals surface area contributed by atoms with E-state index in [0.29, 0.717) is 13.2 Å². The van der Waals surface area contributed by atoms with Crippen molar-refractivity contribution < 1.29 is 17.9 Å². The average molecular weight is 419 g/mol. The summed E-state index contributed by atoms with van der Waals surface area (Å²) in [7, 11) is -2.97. The van der Waals surface area contributed by atoms with Crippen LogP contribution in [-0.2, 0) is 19.3 Å². The van der Waals surface area contributed by atoms with Gasteiger partial charge in [-0.2, -0.15) is 0 Å². The molecule has 8 nitrogen and oxygen atoms in total. The van der Waals surface area contributed by atoms with Crippen molar-refractivity contribution in [3.8, 4) is 0 Å². The van der Waals surface area contributed by atoms with Gasteiger partial charge in [0.25, 0.3) is 0 Å². The minimum atomic E-state index is -2.97. The predicted octanol–water partition coefficient (Wildman–Crippen LogP) is 0.638. The van der Waals surface area contributed by atoms with Crippen molar-refractivity contribution in [2.75, 3.05) is 71.2 Å². The molecule has 0 bridgehead atoms. The Morgan fingerprint density at radius 1 is 1.14 bits per heavy atom. The maximum atomic E-state index is 11.1. The third-order valence-corrected chi connectivity index (χ3v) is 6.39. The first-order valence-electron chi connectivity index (χ1n) is 10.6. The number of hydrogen-bond donors (Lipinski definition) is 2. The maximum Gasteiger partial charge on any atom is 0.191 e. The summed E-state index contributed by atoms with van der Waals surface area (Å²) in [5.41, 5.74) is 0.149. The van der Waals surface area contributed by atoms with E-state index in [1.54, 1.807) is 0 Å². The van der Waals surface area contributed by atoms with Crippen LogP contribution in [0.4, 0.5) is 0 Å². The molecule has 1 aliphatic carbocycles. The van der Waals surface area contributed by atoms with Gasteiger partial charge in [-0.15, -0.1) is 0 Å². The summed E-state index contributed by atoms with van der Waals surface area (Å²) in [6.45, 7) is 8.54. The van der Waals surface area contributed by atoms with Gasteiger partial charge in [0.15, 0.2) is 5.96 Å². The molecular formula is C19H38N4O4S. The van der Waals surface area contributed by atoms with E-state index in [-0.39, 0.29) is 17.9 Å². The Hall–Kier alpha value is -0.900. The number of ether oxygens (including phenoxy) is 2. The topological polar surface area (TPSA) is 92.3 Å². The molecule has 1 heterocycles. The fraction of sp³-hybridized carbons (Fsp3) is 0.947. The van der Waals surface area contributed by atoms with Crippen LogP contribution in [0.2, 0.25) is 0 Å². The smallest absolute Gasteiger partial charge is 0.191 e. The first-order chi connectivity index (χ1) is 13.5. The van der Waals surface area contributed by atoms with Crippen molar-refractivity contribution in [1.29, 1.82) is 0 Å². The molecule has 0 amide bonds. The Morgan fingerprint density at radius 3 is 2.50 bits per heavy atom. The predicted molar refractivity (Wildman–Crippen MR) is 113 cm³/mol. The first-order valence-corrected chi connectivity index (χ1v) is 12.6.